The lowest BCUT2D eigenvalue weighted by atomic mass is 9.82. The second-order valence-electron chi connectivity index (χ2n) is 4.15. The summed E-state index contributed by atoms with van der Waals surface area (Å²) in [5, 5.41) is 8.94. The predicted octanol–water partition coefficient (Wildman–Crippen LogP) is 3.75. The van der Waals surface area contributed by atoms with Crippen molar-refractivity contribution in [2.75, 3.05) is 0 Å². The second-order valence-corrected chi connectivity index (χ2v) is 4.15. The molecule has 0 spiro atoms. The zero-order valence-electron chi connectivity index (χ0n) is 8.67. The lowest BCUT2D eigenvalue weighted by molar-refractivity contribution is 0.441. The molecule has 0 saturated heterocycles. The van der Waals surface area contributed by atoms with Gasteiger partial charge in [0.15, 0.2) is 0 Å². The van der Waals surface area contributed by atoms with Crippen LogP contribution in [0.1, 0.15) is 49.1 Å². The van der Waals surface area contributed by atoms with Crippen molar-refractivity contribution in [3.63, 3.8) is 0 Å². The number of hydrogen-bond acceptors (Lipinski definition) is 1. The first-order valence-electron chi connectivity index (χ1n) is 5.51. The van der Waals surface area contributed by atoms with Gasteiger partial charge in [0.1, 0.15) is 11.9 Å². The summed E-state index contributed by atoms with van der Waals surface area (Å²) in [5.41, 5.74) is 1.17. The van der Waals surface area contributed by atoms with Crippen LogP contribution in [0.3, 0.4) is 0 Å². The number of benzene rings is 1. The molecular weight excluding hydrogens is 189 g/mol. The van der Waals surface area contributed by atoms with Crippen molar-refractivity contribution in [3.05, 3.63) is 35.1 Å². The van der Waals surface area contributed by atoms with Crippen molar-refractivity contribution in [3.8, 4) is 6.07 Å². The minimum absolute atomic E-state index is 0.254. The van der Waals surface area contributed by atoms with Gasteiger partial charge in [-0.15, -0.1) is 0 Å². The number of nitriles is 1. The predicted molar refractivity (Wildman–Crippen MR) is 56.9 cm³/mol. The summed E-state index contributed by atoms with van der Waals surface area (Å²) in [6.45, 7) is 0. The van der Waals surface area contributed by atoms with E-state index in [1.807, 2.05) is 12.1 Å². The molecule has 0 heterocycles. The maximum atomic E-state index is 13.4. The van der Waals surface area contributed by atoms with Crippen LogP contribution in [0, 0.1) is 17.1 Å². The molecule has 0 bridgehead atoms. The van der Waals surface area contributed by atoms with Crippen molar-refractivity contribution >= 4 is 0 Å². The smallest absolute Gasteiger partial charge is 0.141 e. The molecule has 1 aromatic carbocycles. The Morgan fingerprint density at radius 1 is 1.20 bits per heavy atom. The largest absolute Gasteiger partial charge is 0.206 e. The quantitative estimate of drug-likeness (QED) is 0.682. The highest BCUT2D eigenvalue weighted by Crippen LogP contribution is 2.34. The van der Waals surface area contributed by atoms with E-state index < -0.39 is 0 Å². The molecule has 0 atom stereocenters. The third-order valence-corrected chi connectivity index (χ3v) is 3.20. The maximum Gasteiger partial charge on any atom is 0.141 e. The van der Waals surface area contributed by atoms with Crippen LogP contribution in [0.5, 0.6) is 0 Å². The summed E-state index contributed by atoms with van der Waals surface area (Å²) < 4.78 is 13.4. The molecule has 2 rings (SSSR count). The van der Waals surface area contributed by atoms with E-state index in [-0.39, 0.29) is 11.4 Å². The molecule has 0 unspecified atom stereocenters. The third-order valence-electron chi connectivity index (χ3n) is 3.20. The molecule has 1 saturated carbocycles. The lowest BCUT2D eigenvalue weighted by Crippen LogP contribution is -2.07. The van der Waals surface area contributed by atoms with Crippen LogP contribution in [0.2, 0.25) is 0 Å². The summed E-state index contributed by atoms with van der Waals surface area (Å²) in [4.78, 5) is 0. The Kier molecular flexibility index (Phi) is 3.01. The Bertz CT molecular complexity index is 386. The van der Waals surface area contributed by atoms with Gasteiger partial charge in [-0.1, -0.05) is 31.4 Å². The molecule has 1 aliphatic carbocycles. The Hall–Kier alpha value is -1.36. The highest BCUT2D eigenvalue weighted by atomic mass is 19.1. The van der Waals surface area contributed by atoms with Crippen molar-refractivity contribution in [2.45, 2.75) is 38.0 Å². The van der Waals surface area contributed by atoms with E-state index in [9.17, 15) is 4.39 Å². The van der Waals surface area contributed by atoms with Gasteiger partial charge < -0.3 is 0 Å². The summed E-state index contributed by atoms with van der Waals surface area (Å²) in [6.07, 6.45) is 5.86. The van der Waals surface area contributed by atoms with Crippen LogP contribution in [-0.4, -0.2) is 0 Å². The fourth-order valence-corrected chi connectivity index (χ4v) is 2.41. The van der Waals surface area contributed by atoms with E-state index in [0.717, 1.165) is 18.4 Å². The summed E-state index contributed by atoms with van der Waals surface area (Å²) in [6, 6.07) is 6.96. The van der Waals surface area contributed by atoms with E-state index in [4.69, 9.17) is 5.26 Å². The molecule has 0 aliphatic heterocycles. The minimum Gasteiger partial charge on any atom is -0.206 e. The SMILES string of the molecule is N#Cc1c(F)cccc1C1CCCCC1. The number of hydrogen-bond donors (Lipinski definition) is 0. The monoisotopic (exact) mass is 203 g/mol. The molecule has 1 aliphatic rings. The van der Waals surface area contributed by atoms with Crippen LogP contribution >= 0.6 is 0 Å². The van der Waals surface area contributed by atoms with Gasteiger partial charge in [-0.2, -0.15) is 5.26 Å². The van der Waals surface area contributed by atoms with Crippen LogP contribution in [0.15, 0.2) is 18.2 Å². The summed E-state index contributed by atoms with van der Waals surface area (Å²) >= 11 is 0. The maximum absolute atomic E-state index is 13.4. The second kappa shape index (κ2) is 4.44. The standard InChI is InChI=1S/C13H14FN/c14-13-8-4-7-11(12(13)9-15)10-5-2-1-3-6-10/h4,7-8,10H,1-3,5-6H2. The molecule has 15 heavy (non-hydrogen) atoms. The summed E-state index contributed by atoms with van der Waals surface area (Å²) in [7, 11) is 0. The van der Waals surface area contributed by atoms with Gasteiger partial charge in [-0.05, 0) is 30.4 Å². The topological polar surface area (TPSA) is 23.8 Å². The first-order valence-corrected chi connectivity index (χ1v) is 5.51. The Labute approximate surface area is 89.5 Å². The van der Waals surface area contributed by atoms with E-state index >= 15 is 0 Å². The first kappa shape index (κ1) is 10.2. The molecule has 1 nitrogen and oxygen atoms in total. The van der Waals surface area contributed by atoms with Crippen LogP contribution < -0.4 is 0 Å². The molecule has 0 amide bonds. The minimum atomic E-state index is -0.374. The van der Waals surface area contributed by atoms with Crippen molar-refractivity contribution in [1.29, 1.82) is 5.26 Å². The fraction of sp³-hybridized carbons (Fsp3) is 0.462. The van der Waals surface area contributed by atoms with Crippen molar-refractivity contribution in [1.82, 2.24) is 0 Å². The van der Waals surface area contributed by atoms with E-state index in [1.165, 1.54) is 25.3 Å². The molecule has 0 radical (unpaired) electrons. The zero-order valence-corrected chi connectivity index (χ0v) is 8.67. The Balaban J connectivity index is 2.34. The van der Waals surface area contributed by atoms with Crippen molar-refractivity contribution < 1.29 is 4.39 Å². The van der Waals surface area contributed by atoms with E-state index in [2.05, 4.69) is 0 Å². The van der Waals surface area contributed by atoms with Crippen LogP contribution in [0.4, 0.5) is 4.39 Å². The van der Waals surface area contributed by atoms with E-state index in [1.54, 1.807) is 6.07 Å². The van der Waals surface area contributed by atoms with Gasteiger partial charge in [0.2, 0.25) is 0 Å². The Morgan fingerprint density at radius 2 is 1.93 bits per heavy atom. The molecular formula is C13H14FN. The van der Waals surface area contributed by atoms with E-state index in [0.29, 0.717) is 5.92 Å². The molecule has 1 fully saturated rings. The van der Waals surface area contributed by atoms with Gasteiger partial charge in [-0.25, -0.2) is 4.39 Å². The van der Waals surface area contributed by atoms with Gasteiger partial charge in [-0.3, -0.25) is 0 Å². The fourth-order valence-electron chi connectivity index (χ4n) is 2.41. The average molecular weight is 203 g/mol. The molecule has 1 aromatic rings. The normalized spacial score (nSPS) is 17.3. The summed E-state index contributed by atoms with van der Waals surface area (Å²) in [5.74, 6) is 0.0182. The highest BCUT2D eigenvalue weighted by molar-refractivity contribution is 5.41. The molecule has 2 heteroatoms. The number of halogens is 1. The molecule has 78 valence electrons. The number of rotatable bonds is 1. The van der Waals surface area contributed by atoms with Gasteiger partial charge in [0, 0.05) is 0 Å². The number of nitrogens with zero attached hydrogens (tertiary/aromatic N) is 1. The Morgan fingerprint density at radius 3 is 2.60 bits per heavy atom. The lowest BCUT2D eigenvalue weighted by Gasteiger charge is -2.22. The average Bonchev–Trinajstić information content (AvgIpc) is 2.30. The van der Waals surface area contributed by atoms with Crippen LogP contribution in [0.25, 0.3) is 0 Å². The van der Waals surface area contributed by atoms with Crippen LogP contribution in [-0.2, 0) is 0 Å². The molecule has 0 aromatic heterocycles. The van der Waals surface area contributed by atoms with Crippen molar-refractivity contribution in [2.24, 2.45) is 0 Å². The van der Waals surface area contributed by atoms with Gasteiger partial charge in [0.25, 0.3) is 0 Å². The molecule has 0 N–H and O–H groups in total. The third kappa shape index (κ3) is 2.02. The van der Waals surface area contributed by atoms with Gasteiger partial charge >= 0.3 is 0 Å². The van der Waals surface area contributed by atoms with Gasteiger partial charge in [0.05, 0.1) is 5.56 Å². The zero-order chi connectivity index (χ0) is 10.7. The first-order chi connectivity index (χ1) is 7.33. The highest BCUT2D eigenvalue weighted by Gasteiger charge is 2.19.